The average Bonchev–Trinajstić information content (AvgIpc) is 2.80. The van der Waals surface area contributed by atoms with Gasteiger partial charge in [-0.25, -0.2) is 4.79 Å². The molecule has 0 heterocycles. The first-order valence-corrected chi connectivity index (χ1v) is 11.1. The third-order valence-corrected chi connectivity index (χ3v) is 5.50. The van der Waals surface area contributed by atoms with Crippen LogP contribution in [0.25, 0.3) is 0 Å². The summed E-state index contributed by atoms with van der Waals surface area (Å²) < 4.78 is 0. The van der Waals surface area contributed by atoms with E-state index in [9.17, 15) is 29.4 Å². The Kier molecular flexibility index (Phi) is 11.7. The Hall–Kier alpha value is -2.83. The lowest BCUT2D eigenvalue weighted by molar-refractivity contribution is -0.142. The zero-order valence-corrected chi connectivity index (χ0v) is 19.4. The fourth-order valence-electron chi connectivity index (χ4n) is 2.84. The Labute approximate surface area is 197 Å². The number of thiol groups is 1. The first kappa shape index (κ1) is 28.2. The average molecular weight is 485 g/mol. The molecule has 0 aliphatic carbocycles. The number of hydrogen-bond acceptors (Lipinski definition) is 8. The van der Waals surface area contributed by atoms with Gasteiger partial charge in [-0.3, -0.25) is 14.4 Å². The summed E-state index contributed by atoms with van der Waals surface area (Å²) in [5.41, 5.74) is 6.03. The van der Waals surface area contributed by atoms with E-state index in [1.807, 2.05) is 0 Å². The molecule has 1 aromatic carbocycles. The van der Waals surface area contributed by atoms with E-state index in [0.29, 0.717) is 12.0 Å². The van der Waals surface area contributed by atoms with Crippen LogP contribution in [0.5, 0.6) is 5.75 Å². The van der Waals surface area contributed by atoms with Crippen LogP contribution >= 0.6 is 12.6 Å². The first-order valence-electron chi connectivity index (χ1n) is 10.4. The van der Waals surface area contributed by atoms with Crippen LogP contribution in [0.3, 0.4) is 0 Å². The number of aromatic hydroxyl groups is 1. The Morgan fingerprint density at radius 1 is 1.00 bits per heavy atom. The van der Waals surface area contributed by atoms with Crippen molar-refractivity contribution in [3.05, 3.63) is 29.8 Å². The van der Waals surface area contributed by atoms with Gasteiger partial charge < -0.3 is 37.0 Å². The predicted molar refractivity (Wildman–Crippen MR) is 124 cm³/mol. The monoisotopic (exact) mass is 484 g/mol. The second-order valence-electron chi connectivity index (χ2n) is 7.67. The molecule has 12 heteroatoms. The number of phenols is 1. The van der Waals surface area contributed by atoms with Gasteiger partial charge in [0.15, 0.2) is 0 Å². The highest BCUT2D eigenvalue weighted by Crippen LogP contribution is 2.13. The Morgan fingerprint density at radius 3 is 2.06 bits per heavy atom. The molecule has 5 atom stereocenters. The number of nitrogens with two attached hydrogens (primary N) is 1. The number of rotatable bonds is 13. The SMILES string of the molecule is CCC(C)C(NC(=O)C(CS)NC(=O)C(N)CO)C(=O)NC(Cc1ccc(O)cc1)C(=O)O. The molecule has 0 aliphatic rings. The van der Waals surface area contributed by atoms with E-state index in [4.69, 9.17) is 10.8 Å². The molecule has 8 N–H and O–H groups in total. The molecule has 1 rings (SSSR count). The number of hydrogen-bond donors (Lipinski definition) is 8. The van der Waals surface area contributed by atoms with E-state index in [2.05, 4.69) is 28.6 Å². The number of carbonyl (C=O) groups excluding carboxylic acids is 3. The van der Waals surface area contributed by atoms with Gasteiger partial charge in [-0.2, -0.15) is 12.6 Å². The Bertz CT molecular complexity index is 821. The second-order valence-corrected chi connectivity index (χ2v) is 8.04. The summed E-state index contributed by atoms with van der Waals surface area (Å²) >= 11 is 4.05. The van der Waals surface area contributed by atoms with Crippen molar-refractivity contribution in [1.29, 1.82) is 0 Å². The van der Waals surface area contributed by atoms with Crippen molar-refractivity contribution >= 4 is 36.3 Å². The number of carbonyl (C=O) groups is 4. The number of nitrogens with one attached hydrogen (secondary N) is 3. The zero-order valence-electron chi connectivity index (χ0n) is 18.5. The van der Waals surface area contributed by atoms with Crippen molar-refractivity contribution in [3.63, 3.8) is 0 Å². The number of carboxylic acid groups (broad SMARTS) is 1. The van der Waals surface area contributed by atoms with Gasteiger partial charge in [0.1, 0.15) is 29.9 Å². The summed E-state index contributed by atoms with van der Waals surface area (Å²) in [6, 6.07) is 1.23. The third kappa shape index (κ3) is 8.91. The van der Waals surface area contributed by atoms with Crippen molar-refractivity contribution in [2.45, 2.75) is 50.9 Å². The summed E-state index contributed by atoms with van der Waals surface area (Å²) in [4.78, 5) is 49.3. The normalized spacial score (nSPS) is 15.4. The number of phenolic OH excluding ortho intramolecular Hbond substituents is 1. The molecule has 11 nitrogen and oxygen atoms in total. The van der Waals surface area contributed by atoms with E-state index in [0.717, 1.165) is 0 Å². The van der Waals surface area contributed by atoms with E-state index in [1.165, 1.54) is 12.1 Å². The van der Waals surface area contributed by atoms with Crippen LogP contribution in [0.1, 0.15) is 25.8 Å². The molecule has 33 heavy (non-hydrogen) atoms. The minimum absolute atomic E-state index is 0.0278. The maximum Gasteiger partial charge on any atom is 0.326 e. The van der Waals surface area contributed by atoms with Crippen LogP contribution in [0.4, 0.5) is 0 Å². The molecular formula is C21H32N4O7S. The highest BCUT2D eigenvalue weighted by molar-refractivity contribution is 7.80. The number of carboxylic acids is 1. The molecule has 184 valence electrons. The molecule has 0 radical (unpaired) electrons. The molecule has 0 fully saturated rings. The predicted octanol–water partition coefficient (Wildman–Crippen LogP) is -1.23. The fourth-order valence-corrected chi connectivity index (χ4v) is 3.10. The summed E-state index contributed by atoms with van der Waals surface area (Å²) in [6.07, 6.45) is 0.470. The molecule has 0 saturated carbocycles. The maximum absolute atomic E-state index is 12.9. The Morgan fingerprint density at radius 2 is 1.58 bits per heavy atom. The maximum atomic E-state index is 12.9. The van der Waals surface area contributed by atoms with Gasteiger partial charge in [0.2, 0.25) is 17.7 Å². The van der Waals surface area contributed by atoms with E-state index in [-0.39, 0.29) is 23.8 Å². The highest BCUT2D eigenvalue weighted by atomic mass is 32.1. The Balaban J connectivity index is 2.95. The van der Waals surface area contributed by atoms with Crippen molar-refractivity contribution in [3.8, 4) is 5.75 Å². The van der Waals surface area contributed by atoms with Gasteiger partial charge in [-0.15, -0.1) is 0 Å². The molecule has 1 aromatic rings. The zero-order chi connectivity index (χ0) is 25.1. The molecule has 0 saturated heterocycles. The lowest BCUT2D eigenvalue weighted by Gasteiger charge is -2.27. The van der Waals surface area contributed by atoms with E-state index in [1.54, 1.807) is 26.0 Å². The molecule has 0 aliphatic heterocycles. The van der Waals surface area contributed by atoms with Crippen molar-refractivity contribution < 1.29 is 34.5 Å². The second kappa shape index (κ2) is 13.7. The van der Waals surface area contributed by atoms with Gasteiger partial charge in [0.05, 0.1) is 6.61 Å². The smallest absolute Gasteiger partial charge is 0.326 e. The lowest BCUT2D eigenvalue weighted by atomic mass is 9.97. The minimum atomic E-state index is -1.27. The van der Waals surface area contributed by atoms with Crippen LogP contribution in [-0.2, 0) is 25.6 Å². The summed E-state index contributed by atoms with van der Waals surface area (Å²) in [7, 11) is 0. The van der Waals surface area contributed by atoms with Crippen LogP contribution in [0.15, 0.2) is 24.3 Å². The summed E-state index contributed by atoms with van der Waals surface area (Å²) in [6.45, 7) is 2.92. The number of aliphatic hydroxyl groups is 1. The topological polar surface area (TPSA) is 191 Å². The fraction of sp³-hybridized carbons (Fsp3) is 0.524. The molecule has 5 unspecified atom stereocenters. The van der Waals surface area contributed by atoms with E-state index >= 15 is 0 Å². The van der Waals surface area contributed by atoms with Crippen LogP contribution < -0.4 is 21.7 Å². The summed E-state index contributed by atoms with van der Waals surface area (Å²) in [5.74, 6) is -3.83. The van der Waals surface area contributed by atoms with Gasteiger partial charge in [0.25, 0.3) is 0 Å². The minimum Gasteiger partial charge on any atom is -0.508 e. The quantitative estimate of drug-likeness (QED) is 0.160. The summed E-state index contributed by atoms with van der Waals surface area (Å²) in [5, 5.41) is 35.3. The van der Waals surface area contributed by atoms with Crippen LogP contribution in [0.2, 0.25) is 0 Å². The molecule has 0 spiro atoms. The largest absolute Gasteiger partial charge is 0.508 e. The first-order chi connectivity index (χ1) is 15.5. The highest BCUT2D eigenvalue weighted by Gasteiger charge is 2.32. The number of aliphatic hydroxyl groups excluding tert-OH is 1. The number of aliphatic carboxylic acids is 1. The lowest BCUT2D eigenvalue weighted by Crippen LogP contribution is -2.59. The standard InChI is InChI=1S/C21H32N4O7S/c1-3-11(2)17(25-19(29)16(10-33)24-18(28)14(22)9-26)20(30)23-15(21(31)32)8-12-4-6-13(27)7-5-12/h4-7,11,14-17,26-27,33H,3,8-10,22H2,1-2H3,(H,23,30)(H,24,28)(H,25,29)(H,31,32). The van der Waals surface area contributed by atoms with Crippen molar-refractivity contribution in [2.24, 2.45) is 11.7 Å². The van der Waals surface area contributed by atoms with Crippen LogP contribution in [-0.4, -0.2) is 75.5 Å². The van der Waals surface area contributed by atoms with Crippen LogP contribution in [0, 0.1) is 5.92 Å². The van der Waals surface area contributed by atoms with Gasteiger partial charge in [-0.05, 0) is 23.6 Å². The van der Waals surface area contributed by atoms with Crippen molar-refractivity contribution in [2.75, 3.05) is 12.4 Å². The third-order valence-electron chi connectivity index (χ3n) is 5.13. The molecule has 0 bridgehead atoms. The molecular weight excluding hydrogens is 452 g/mol. The van der Waals surface area contributed by atoms with Gasteiger partial charge >= 0.3 is 5.97 Å². The van der Waals surface area contributed by atoms with E-state index < -0.39 is 54.5 Å². The number of benzene rings is 1. The molecule has 0 aromatic heterocycles. The van der Waals surface area contributed by atoms with Gasteiger partial charge in [0, 0.05) is 12.2 Å². The molecule has 3 amide bonds. The number of amides is 3. The van der Waals surface area contributed by atoms with Gasteiger partial charge in [-0.1, -0.05) is 32.4 Å². The van der Waals surface area contributed by atoms with Crippen molar-refractivity contribution in [1.82, 2.24) is 16.0 Å².